The summed E-state index contributed by atoms with van der Waals surface area (Å²) in [6.45, 7) is 6.11. The molecule has 1 amide bonds. The molecule has 0 spiro atoms. The van der Waals surface area contributed by atoms with Crippen molar-refractivity contribution in [2.75, 3.05) is 31.1 Å². The number of aryl methyl sites for hydroxylation is 2. The maximum absolute atomic E-state index is 13.7. The van der Waals surface area contributed by atoms with Crippen LogP contribution in [0.25, 0.3) is 10.8 Å². The molecular formula is C27H26N4O5. The number of carbonyl (C=O) groups excluding carboxylic acids is 1. The predicted molar refractivity (Wildman–Crippen MR) is 135 cm³/mol. The number of amides is 1. The number of hydrogen-bond acceptors (Lipinski definition) is 7. The van der Waals surface area contributed by atoms with Crippen molar-refractivity contribution in [3.63, 3.8) is 0 Å². The van der Waals surface area contributed by atoms with E-state index < -0.39 is 4.92 Å². The molecule has 0 bridgehead atoms. The summed E-state index contributed by atoms with van der Waals surface area (Å²) in [7, 11) is 0. The van der Waals surface area contributed by atoms with Crippen molar-refractivity contribution in [1.29, 1.82) is 0 Å². The molecule has 4 aromatic rings. The van der Waals surface area contributed by atoms with E-state index in [0.29, 0.717) is 43.3 Å². The zero-order valence-electron chi connectivity index (χ0n) is 20.1. The molecule has 0 aliphatic carbocycles. The van der Waals surface area contributed by atoms with Gasteiger partial charge in [0.05, 0.1) is 21.7 Å². The number of nitro groups is 1. The molecule has 9 nitrogen and oxygen atoms in total. The first-order valence-electron chi connectivity index (χ1n) is 11.8. The fourth-order valence-corrected chi connectivity index (χ4v) is 4.51. The summed E-state index contributed by atoms with van der Waals surface area (Å²) in [5.41, 5.74) is 2.97. The van der Waals surface area contributed by atoms with Crippen molar-refractivity contribution in [2.45, 2.75) is 20.5 Å². The Hall–Kier alpha value is -4.40. The molecular weight excluding hydrogens is 460 g/mol. The highest BCUT2D eigenvalue weighted by molar-refractivity contribution is 6.01. The van der Waals surface area contributed by atoms with Crippen LogP contribution in [0.1, 0.15) is 27.4 Å². The smallest absolute Gasteiger partial charge is 0.271 e. The van der Waals surface area contributed by atoms with E-state index in [2.05, 4.69) is 10.1 Å². The summed E-state index contributed by atoms with van der Waals surface area (Å²) in [5, 5.41) is 17.1. The van der Waals surface area contributed by atoms with Crippen molar-refractivity contribution in [1.82, 2.24) is 10.1 Å². The van der Waals surface area contributed by atoms with E-state index in [-0.39, 0.29) is 18.2 Å². The van der Waals surface area contributed by atoms with E-state index >= 15 is 0 Å². The molecule has 1 fully saturated rings. The van der Waals surface area contributed by atoms with Gasteiger partial charge in [0.25, 0.3) is 11.6 Å². The largest absolute Gasteiger partial charge is 0.488 e. The average molecular weight is 487 g/mol. The predicted octanol–water partition coefficient (Wildman–Crippen LogP) is 4.89. The monoisotopic (exact) mass is 486 g/mol. The minimum atomic E-state index is -0.396. The Kier molecular flexibility index (Phi) is 6.28. The molecule has 36 heavy (non-hydrogen) atoms. The topological polar surface area (TPSA) is 102 Å². The normalized spacial score (nSPS) is 13.7. The number of fused-ring (bicyclic) bond motifs is 1. The van der Waals surface area contributed by atoms with Gasteiger partial charge in [-0.25, -0.2) is 0 Å². The van der Waals surface area contributed by atoms with E-state index in [0.717, 1.165) is 27.7 Å². The molecule has 0 saturated carbocycles. The number of hydrogen-bond donors (Lipinski definition) is 0. The van der Waals surface area contributed by atoms with Gasteiger partial charge in [0.15, 0.2) is 0 Å². The van der Waals surface area contributed by atoms with Crippen LogP contribution in [-0.2, 0) is 6.61 Å². The number of ether oxygens (including phenoxy) is 1. The Balaban J connectivity index is 1.36. The van der Waals surface area contributed by atoms with Crippen LogP contribution in [0.15, 0.2) is 65.2 Å². The summed E-state index contributed by atoms with van der Waals surface area (Å²) < 4.78 is 11.4. The highest BCUT2D eigenvalue weighted by Crippen LogP contribution is 2.30. The lowest BCUT2D eigenvalue weighted by Crippen LogP contribution is -2.48. The summed E-state index contributed by atoms with van der Waals surface area (Å²) in [6.07, 6.45) is 0. The molecule has 1 aromatic heterocycles. The number of nitro benzene ring substituents is 1. The lowest BCUT2D eigenvalue weighted by atomic mass is 10.0. The third-order valence-corrected chi connectivity index (χ3v) is 6.60. The Morgan fingerprint density at radius 2 is 1.75 bits per heavy atom. The first kappa shape index (κ1) is 23.3. The molecule has 0 atom stereocenters. The average Bonchev–Trinajstić information content (AvgIpc) is 3.23. The zero-order valence-corrected chi connectivity index (χ0v) is 20.1. The fraction of sp³-hybridized carbons (Fsp3) is 0.259. The van der Waals surface area contributed by atoms with Gasteiger partial charge in [0.1, 0.15) is 18.1 Å². The van der Waals surface area contributed by atoms with E-state index in [1.807, 2.05) is 56.3 Å². The Morgan fingerprint density at radius 3 is 2.42 bits per heavy atom. The van der Waals surface area contributed by atoms with Gasteiger partial charge in [-0.05, 0) is 42.8 Å². The fourth-order valence-electron chi connectivity index (χ4n) is 4.51. The number of carbonyl (C=O) groups is 1. The summed E-state index contributed by atoms with van der Waals surface area (Å²) in [4.78, 5) is 28.3. The lowest BCUT2D eigenvalue weighted by Gasteiger charge is -2.36. The van der Waals surface area contributed by atoms with Crippen LogP contribution in [0.2, 0.25) is 0 Å². The minimum Gasteiger partial charge on any atom is -0.488 e. The van der Waals surface area contributed by atoms with Gasteiger partial charge in [-0.15, -0.1) is 0 Å². The van der Waals surface area contributed by atoms with Gasteiger partial charge >= 0.3 is 0 Å². The van der Waals surface area contributed by atoms with Crippen molar-refractivity contribution in [3.8, 4) is 5.75 Å². The second kappa shape index (κ2) is 9.69. The van der Waals surface area contributed by atoms with Crippen LogP contribution in [0.4, 0.5) is 11.4 Å². The Bertz CT molecular complexity index is 1420. The Morgan fingerprint density at radius 1 is 1.03 bits per heavy atom. The van der Waals surface area contributed by atoms with Gasteiger partial charge in [-0.1, -0.05) is 35.5 Å². The molecule has 2 heterocycles. The zero-order chi connectivity index (χ0) is 25.2. The third kappa shape index (κ3) is 4.59. The number of nitrogens with zero attached hydrogens (tertiary/aromatic N) is 4. The maximum atomic E-state index is 13.7. The molecule has 9 heteroatoms. The number of rotatable bonds is 6. The minimum absolute atomic E-state index is 0.0576. The van der Waals surface area contributed by atoms with Crippen LogP contribution in [-0.4, -0.2) is 47.1 Å². The second-order valence-corrected chi connectivity index (χ2v) is 8.84. The second-order valence-electron chi connectivity index (χ2n) is 8.84. The molecule has 1 aliphatic rings. The van der Waals surface area contributed by atoms with Crippen LogP contribution < -0.4 is 9.64 Å². The summed E-state index contributed by atoms with van der Waals surface area (Å²) in [6, 6.07) is 18.2. The highest BCUT2D eigenvalue weighted by Gasteiger charge is 2.26. The molecule has 5 rings (SSSR count). The first-order chi connectivity index (χ1) is 17.4. The summed E-state index contributed by atoms with van der Waals surface area (Å²) >= 11 is 0. The first-order valence-corrected chi connectivity index (χ1v) is 11.8. The van der Waals surface area contributed by atoms with Crippen molar-refractivity contribution < 1.29 is 19.0 Å². The third-order valence-electron chi connectivity index (χ3n) is 6.60. The van der Waals surface area contributed by atoms with Crippen molar-refractivity contribution in [2.24, 2.45) is 0 Å². The number of non-ortho nitro benzene ring substituents is 1. The maximum Gasteiger partial charge on any atom is 0.271 e. The summed E-state index contributed by atoms with van der Waals surface area (Å²) in [5.74, 6) is 1.10. The quantitative estimate of drug-likeness (QED) is 0.282. The van der Waals surface area contributed by atoms with Crippen LogP contribution in [0.3, 0.4) is 0 Å². The SMILES string of the molecule is Cc1noc(C)c1COc1cc2ccccc2cc1C(=O)N1CCN(c2cccc([N+](=O)[O-])c2)CC1. The molecule has 0 radical (unpaired) electrons. The number of benzene rings is 3. The highest BCUT2D eigenvalue weighted by atomic mass is 16.6. The van der Waals surface area contributed by atoms with Gasteiger partial charge in [0, 0.05) is 44.0 Å². The van der Waals surface area contributed by atoms with Gasteiger partial charge in [0.2, 0.25) is 0 Å². The van der Waals surface area contributed by atoms with Crippen molar-refractivity contribution in [3.05, 3.63) is 93.4 Å². The van der Waals surface area contributed by atoms with Crippen LogP contribution >= 0.6 is 0 Å². The van der Waals surface area contributed by atoms with Crippen molar-refractivity contribution >= 4 is 28.1 Å². The number of piperazine rings is 1. The standard InChI is InChI=1S/C27H26N4O5/c1-18-25(19(2)36-28-18)17-35-26-15-21-7-4-3-6-20(21)14-24(26)27(32)30-12-10-29(11-13-30)22-8-5-9-23(16-22)31(33)34/h3-9,14-16H,10-13,17H2,1-2H3. The van der Waals surface area contributed by atoms with E-state index in [4.69, 9.17) is 9.26 Å². The van der Waals surface area contributed by atoms with E-state index in [1.165, 1.54) is 6.07 Å². The molecule has 3 aromatic carbocycles. The van der Waals surface area contributed by atoms with E-state index in [1.54, 1.807) is 17.0 Å². The molecule has 184 valence electrons. The van der Waals surface area contributed by atoms with Crippen LogP contribution in [0.5, 0.6) is 5.75 Å². The number of aromatic nitrogens is 1. The molecule has 0 N–H and O–H groups in total. The Labute approximate surface area is 208 Å². The van der Waals surface area contributed by atoms with Gasteiger partial charge in [-0.3, -0.25) is 14.9 Å². The van der Waals surface area contributed by atoms with Gasteiger partial charge in [-0.2, -0.15) is 0 Å². The molecule has 1 aliphatic heterocycles. The molecule has 0 unspecified atom stereocenters. The lowest BCUT2D eigenvalue weighted by molar-refractivity contribution is -0.384. The van der Waals surface area contributed by atoms with E-state index in [9.17, 15) is 14.9 Å². The molecule has 1 saturated heterocycles. The van der Waals surface area contributed by atoms with Gasteiger partial charge < -0.3 is 19.1 Å². The number of anilines is 1. The van der Waals surface area contributed by atoms with Crippen LogP contribution in [0, 0.1) is 24.0 Å².